The second-order valence-electron chi connectivity index (χ2n) is 8.00. The number of nitrogens with zero attached hydrogens (tertiary/aromatic N) is 4. The van der Waals surface area contributed by atoms with Crippen molar-refractivity contribution in [2.45, 2.75) is 47.5 Å². The average Bonchev–Trinajstić information content (AvgIpc) is 2.70. The first-order valence-electron chi connectivity index (χ1n) is 10.3. The molecule has 0 saturated carbocycles. The van der Waals surface area contributed by atoms with E-state index in [1.807, 2.05) is 25.7 Å². The second kappa shape index (κ2) is 8.72. The lowest BCUT2D eigenvalue weighted by Gasteiger charge is -2.37. The molecule has 3 rings (SSSR count). The normalized spacial score (nSPS) is 14.6. The standard InChI is InChI=1S/C23H32N4O/c1-6-21-20(15-19-9-7-17(4)8-10-19)22(25-18(5)24-21)26-11-13-27(14-12-26)23(28)16(2)3/h7-10,16H,6,11-15H2,1-5H3. The van der Waals surface area contributed by atoms with Crippen molar-refractivity contribution in [1.82, 2.24) is 14.9 Å². The second-order valence-corrected chi connectivity index (χ2v) is 8.00. The minimum Gasteiger partial charge on any atom is -0.353 e. The van der Waals surface area contributed by atoms with Crippen LogP contribution < -0.4 is 4.90 Å². The predicted octanol–water partition coefficient (Wildman–Crippen LogP) is 3.55. The van der Waals surface area contributed by atoms with Crippen molar-refractivity contribution in [2.24, 2.45) is 5.92 Å². The van der Waals surface area contributed by atoms with E-state index in [1.54, 1.807) is 0 Å². The fraction of sp³-hybridized carbons (Fsp3) is 0.522. The summed E-state index contributed by atoms with van der Waals surface area (Å²) >= 11 is 0. The van der Waals surface area contributed by atoms with Crippen LogP contribution in [0.2, 0.25) is 0 Å². The van der Waals surface area contributed by atoms with Gasteiger partial charge in [-0.2, -0.15) is 0 Å². The fourth-order valence-electron chi connectivity index (χ4n) is 3.79. The first kappa shape index (κ1) is 20.3. The smallest absolute Gasteiger partial charge is 0.225 e. The van der Waals surface area contributed by atoms with Crippen LogP contribution in [0.5, 0.6) is 0 Å². The molecule has 5 nitrogen and oxygen atoms in total. The van der Waals surface area contributed by atoms with Gasteiger partial charge in [0.1, 0.15) is 11.6 Å². The zero-order chi connectivity index (χ0) is 20.3. The molecule has 0 radical (unpaired) electrons. The topological polar surface area (TPSA) is 49.3 Å². The molecular weight excluding hydrogens is 348 g/mol. The van der Waals surface area contributed by atoms with Gasteiger partial charge in [-0.05, 0) is 25.8 Å². The van der Waals surface area contributed by atoms with Crippen molar-refractivity contribution in [3.63, 3.8) is 0 Å². The van der Waals surface area contributed by atoms with Crippen LogP contribution in [0.3, 0.4) is 0 Å². The average molecular weight is 381 g/mol. The third-order valence-electron chi connectivity index (χ3n) is 5.40. The molecule has 0 spiro atoms. The maximum Gasteiger partial charge on any atom is 0.225 e. The van der Waals surface area contributed by atoms with E-state index in [0.717, 1.165) is 56.4 Å². The van der Waals surface area contributed by atoms with Gasteiger partial charge in [0.15, 0.2) is 0 Å². The minimum absolute atomic E-state index is 0.0524. The van der Waals surface area contributed by atoms with Crippen LogP contribution in [0.25, 0.3) is 0 Å². The maximum atomic E-state index is 12.3. The van der Waals surface area contributed by atoms with E-state index in [-0.39, 0.29) is 11.8 Å². The molecule has 1 aromatic heterocycles. The molecule has 0 N–H and O–H groups in total. The predicted molar refractivity (Wildman–Crippen MR) is 114 cm³/mol. The van der Waals surface area contributed by atoms with Crippen molar-refractivity contribution in [1.29, 1.82) is 0 Å². The zero-order valence-corrected chi connectivity index (χ0v) is 17.8. The summed E-state index contributed by atoms with van der Waals surface area (Å²) < 4.78 is 0. The third-order valence-corrected chi connectivity index (χ3v) is 5.40. The molecule has 1 fully saturated rings. The van der Waals surface area contributed by atoms with Crippen LogP contribution >= 0.6 is 0 Å². The Balaban J connectivity index is 1.87. The van der Waals surface area contributed by atoms with Crippen LogP contribution in [0.15, 0.2) is 24.3 Å². The van der Waals surface area contributed by atoms with E-state index in [0.29, 0.717) is 0 Å². The van der Waals surface area contributed by atoms with Crippen molar-refractivity contribution >= 4 is 11.7 Å². The van der Waals surface area contributed by atoms with Gasteiger partial charge in [-0.1, -0.05) is 50.6 Å². The third kappa shape index (κ3) is 4.51. The highest BCUT2D eigenvalue weighted by atomic mass is 16.2. The Bertz CT molecular complexity index is 821. The van der Waals surface area contributed by atoms with Crippen LogP contribution in [0.4, 0.5) is 5.82 Å². The summed E-state index contributed by atoms with van der Waals surface area (Å²) in [6, 6.07) is 8.70. The molecule has 2 heterocycles. The van der Waals surface area contributed by atoms with Crippen LogP contribution in [0, 0.1) is 19.8 Å². The maximum absolute atomic E-state index is 12.3. The molecule has 0 bridgehead atoms. The Morgan fingerprint density at radius 2 is 1.68 bits per heavy atom. The Hall–Kier alpha value is -2.43. The summed E-state index contributed by atoms with van der Waals surface area (Å²) in [5.41, 5.74) is 4.90. The minimum atomic E-state index is 0.0524. The molecule has 28 heavy (non-hydrogen) atoms. The quantitative estimate of drug-likeness (QED) is 0.796. The summed E-state index contributed by atoms with van der Waals surface area (Å²) in [6.45, 7) is 13.3. The first-order chi connectivity index (χ1) is 13.4. The molecule has 0 atom stereocenters. The van der Waals surface area contributed by atoms with Gasteiger partial charge in [0.2, 0.25) is 5.91 Å². The van der Waals surface area contributed by atoms with E-state index >= 15 is 0 Å². The molecule has 1 saturated heterocycles. The Labute approximate surface area is 168 Å². The number of aromatic nitrogens is 2. The lowest BCUT2D eigenvalue weighted by molar-refractivity contribution is -0.134. The number of piperazine rings is 1. The number of aryl methyl sites for hydroxylation is 3. The number of hydrogen-bond acceptors (Lipinski definition) is 4. The number of carbonyl (C=O) groups excluding carboxylic acids is 1. The first-order valence-corrected chi connectivity index (χ1v) is 10.3. The number of benzene rings is 1. The number of carbonyl (C=O) groups is 1. The molecular formula is C23H32N4O. The van der Waals surface area contributed by atoms with Crippen molar-refractivity contribution in [3.8, 4) is 0 Å². The van der Waals surface area contributed by atoms with E-state index in [4.69, 9.17) is 9.97 Å². The van der Waals surface area contributed by atoms with Crippen molar-refractivity contribution in [2.75, 3.05) is 31.1 Å². The van der Waals surface area contributed by atoms with Crippen LogP contribution in [-0.2, 0) is 17.6 Å². The lowest BCUT2D eigenvalue weighted by atomic mass is 10.0. The zero-order valence-electron chi connectivity index (χ0n) is 17.8. The summed E-state index contributed by atoms with van der Waals surface area (Å²) in [6.07, 6.45) is 1.73. The Kier molecular flexibility index (Phi) is 6.32. The number of amides is 1. The molecule has 0 unspecified atom stereocenters. The van der Waals surface area contributed by atoms with E-state index in [9.17, 15) is 4.79 Å². The SMILES string of the molecule is CCc1nc(C)nc(N2CCN(C(=O)C(C)C)CC2)c1Cc1ccc(C)cc1. The lowest BCUT2D eigenvalue weighted by Crippen LogP contribution is -2.50. The van der Waals surface area contributed by atoms with Gasteiger partial charge in [0, 0.05) is 49.8 Å². The van der Waals surface area contributed by atoms with Gasteiger partial charge in [-0.15, -0.1) is 0 Å². The highest BCUT2D eigenvalue weighted by Crippen LogP contribution is 2.26. The van der Waals surface area contributed by atoms with Gasteiger partial charge in [-0.25, -0.2) is 9.97 Å². The van der Waals surface area contributed by atoms with Gasteiger partial charge < -0.3 is 9.80 Å². The number of anilines is 1. The molecule has 5 heteroatoms. The molecule has 1 aliphatic heterocycles. The van der Waals surface area contributed by atoms with E-state index in [2.05, 4.69) is 43.0 Å². The van der Waals surface area contributed by atoms with Crippen molar-refractivity contribution in [3.05, 3.63) is 52.5 Å². The van der Waals surface area contributed by atoms with E-state index in [1.165, 1.54) is 16.7 Å². The van der Waals surface area contributed by atoms with Gasteiger partial charge in [0.05, 0.1) is 0 Å². The Morgan fingerprint density at radius 1 is 1.04 bits per heavy atom. The van der Waals surface area contributed by atoms with Gasteiger partial charge >= 0.3 is 0 Å². The van der Waals surface area contributed by atoms with E-state index < -0.39 is 0 Å². The summed E-state index contributed by atoms with van der Waals surface area (Å²) in [5.74, 6) is 2.16. The highest BCUT2D eigenvalue weighted by molar-refractivity contribution is 5.78. The molecule has 1 aliphatic rings. The van der Waals surface area contributed by atoms with Gasteiger partial charge in [-0.3, -0.25) is 4.79 Å². The largest absolute Gasteiger partial charge is 0.353 e. The van der Waals surface area contributed by atoms with Crippen LogP contribution in [-0.4, -0.2) is 47.0 Å². The van der Waals surface area contributed by atoms with Gasteiger partial charge in [0.25, 0.3) is 0 Å². The summed E-state index contributed by atoms with van der Waals surface area (Å²) in [5, 5.41) is 0. The number of rotatable bonds is 5. The summed E-state index contributed by atoms with van der Waals surface area (Å²) in [4.78, 5) is 26.2. The fourth-order valence-corrected chi connectivity index (χ4v) is 3.79. The molecule has 0 aliphatic carbocycles. The molecule has 1 amide bonds. The van der Waals surface area contributed by atoms with Crippen molar-refractivity contribution < 1.29 is 4.79 Å². The number of hydrogen-bond donors (Lipinski definition) is 0. The molecule has 2 aromatic rings. The van der Waals surface area contributed by atoms with Crippen LogP contribution in [0.1, 0.15) is 49.0 Å². The summed E-state index contributed by atoms with van der Waals surface area (Å²) in [7, 11) is 0. The molecule has 150 valence electrons. The molecule has 1 aromatic carbocycles. The Morgan fingerprint density at radius 3 is 2.25 bits per heavy atom. The highest BCUT2D eigenvalue weighted by Gasteiger charge is 2.26. The monoisotopic (exact) mass is 380 g/mol.